The molecular weight excluding hydrogens is 292 g/mol. The van der Waals surface area contributed by atoms with Crippen LogP contribution in [0.3, 0.4) is 0 Å². The van der Waals surface area contributed by atoms with Crippen molar-refractivity contribution in [2.75, 3.05) is 25.4 Å². The van der Waals surface area contributed by atoms with Gasteiger partial charge in [-0.25, -0.2) is 13.2 Å². The highest BCUT2D eigenvalue weighted by Crippen LogP contribution is 2.42. The van der Waals surface area contributed by atoms with Gasteiger partial charge in [-0.3, -0.25) is 0 Å². The minimum Gasteiger partial charge on any atom is -0.444 e. The fourth-order valence-corrected chi connectivity index (χ4v) is 5.91. The fourth-order valence-electron chi connectivity index (χ4n) is 3.92. The number of nitrogens with one attached hydrogen (secondary N) is 1. The van der Waals surface area contributed by atoms with Gasteiger partial charge in [0.1, 0.15) is 5.60 Å². The summed E-state index contributed by atoms with van der Waals surface area (Å²) in [6.45, 7) is 7.31. The van der Waals surface area contributed by atoms with E-state index in [1.807, 2.05) is 20.8 Å². The van der Waals surface area contributed by atoms with Crippen LogP contribution in [-0.2, 0) is 14.6 Å². The molecular formula is C14H24N2O4S. The van der Waals surface area contributed by atoms with Gasteiger partial charge < -0.3 is 15.0 Å². The molecule has 0 aromatic heterocycles. The number of likely N-dealkylation sites (tertiary alicyclic amines) is 1. The van der Waals surface area contributed by atoms with Gasteiger partial charge in [0.15, 0.2) is 9.84 Å². The fraction of sp³-hybridized carbons (Fsp3) is 0.929. The van der Waals surface area contributed by atoms with E-state index < -0.39 is 15.4 Å². The Labute approximate surface area is 126 Å². The molecule has 1 saturated carbocycles. The Morgan fingerprint density at radius 1 is 1.29 bits per heavy atom. The zero-order valence-electron chi connectivity index (χ0n) is 12.8. The standard InChI is InChI=1S/C14H24N2O4S/c1-14(2,3)20-13(17)16-7-9-6-11-12(10(9)8-16)15-4-5-21(11,18)19/h9-12,15H,4-8H2,1-3H3. The average molecular weight is 316 g/mol. The first kappa shape index (κ1) is 15.1. The number of nitrogens with zero attached hydrogens (tertiary/aromatic N) is 1. The van der Waals surface area contributed by atoms with Gasteiger partial charge >= 0.3 is 6.09 Å². The smallest absolute Gasteiger partial charge is 0.410 e. The molecule has 2 saturated heterocycles. The van der Waals surface area contributed by atoms with Gasteiger partial charge in [0.2, 0.25) is 0 Å². The lowest BCUT2D eigenvalue weighted by Gasteiger charge is -2.31. The van der Waals surface area contributed by atoms with E-state index in [-0.39, 0.29) is 35.0 Å². The Morgan fingerprint density at radius 2 is 2.00 bits per heavy atom. The summed E-state index contributed by atoms with van der Waals surface area (Å²) in [4.78, 5) is 13.9. The lowest BCUT2D eigenvalue weighted by Crippen LogP contribution is -2.53. The van der Waals surface area contributed by atoms with Gasteiger partial charge in [0.05, 0.1) is 11.0 Å². The van der Waals surface area contributed by atoms with Crippen LogP contribution < -0.4 is 5.32 Å². The first-order valence-corrected chi connectivity index (χ1v) is 9.32. The summed E-state index contributed by atoms with van der Waals surface area (Å²) in [5.41, 5.74) is -0.496. The lowest BCUT2D eigenvalue weighted by atomic mass is 9.98. The number of hydrogen-bond acceptors (Lipinski definition) is 5. The predicted molar refractivity (Wildman–Crippen MR) is 78.8 cm³/mol. The number of carbonyl (C=O) groups excluding carboxylic acids is 1. The molecule has 2 aliphatic heterocycles. The zero-order valence-corrected chi connectivity index (χ0v) is 13.6. The minimum atomic E-state index is -2.97. The number of ether oxygens (including phenoxy) is 1. The molecule has 4 unspecified atom stereocenters. The Bertz CT molecular complexity index is 540. The molecule has 1 aliphatic carbocycles. The number of amides is 1. The van der Waals surface area contributed by atoms with E-state index in [2.05, 4.69) is 5.32 Å². The largest absolute Gasteiger partial charge is 0.444 e. The summed E-state index contributed by atoms with van der Waals surface area (Å²) >= 11 is 0. The molecule has 3 aliphatic rings. The van der Waals surface area contributed by atoms with Gasteiger partial charge in [-0.2, -0.15) is 0 Å². The molecule has 3 rings (SSSR count). The minimum absolute atomic E-state index is 0.00110. The zero-order chi connectivity index (χ0) is 15.4. The summed E-state index contributed by atoms with van der Waals surface area (Å²) in [5.74, 6) is 0.745. The maximum Gasteiger partial charge on any atom is 0.410 e. The van der Waals surface area contributed by atoms with E-state index in [1.54, 1.807) is 4.90 Å². The summed E-state index contributed by atoms with van der Waals surface area (Å²) < 4.78 is 29.7. The third-order valence-corrected chi connectivity index (χ3v) is 6.95. The molecule has 21 heavy (non-hydrogen) atoms. The highest BCUT2D eigenvalue weighted by Gasteiger charge is 2.54. The van der Waals surface area contributed by atoms with Crippen LogP contribution in [0.2, 0.25) is 0 Å². The van der Waals surface area contributed by atoms with Crippen molar-refractivity contribution < 1.29 is 17.9 Å². The van der Waals surface area contributed by atoms with Crippen LogP contribution in [0.1, 0.15) is 27.2 Å². The molecule has 1 amide bonds. The molecule has 3 fully saturated rings. The molecule has 2 heterocycles. The van der Waals surface area contributed by atoms with Gasteiger partial charge in [-0.05, 0) is 39.0 Å². The molecule has 0 aromatic rings. The van der Waals surface area contributed by atoms with E-state index >= 15 is 0 Å². The topological polar surface area (TPSA) is 75.7 Å². The van der Waals surface area contributed by atoms with Crippen LogP contribution >= 0.6 is 0 Å². The highest BCUT2D eigenvalue weighted by molar-refractivity contribution is 7.92. The van der Waals surface area contributed by atoms with Gasteiger partial charge in [0, 0.05) is 25.7 Å². The number of fused-ring (bicyclic) bond motifs is 3. The lowest BCUT2D eigenvalue weighted by molar-refractivity contribution is 0.0278. The van der Waals surface area contributed by atoms with E-state index in [4.69, 9.17) is 4.74 Å². The van der Waals surface area contributed by atoms with Crippen molar-refractivity contribution in [1.29, 1.82) is 0 Å². The average Bonchev–Trinajstić information content (AvgIpc) is 2.85. The summed E-state index contributed by atoms with van der Waals surface area (Å²) in [5, 5.41) is 3.10. The van der Waals surface area contributed by atoms with E-state index in [9.17, 15) is 13.2 Å². The van der Waals surface area contributed by atoms with E-state index in [0.29, 0.717) is 26.1 Å². The van der Waals surface area contributed by atoms with Crippen LogP contribution in [0.15, 0.2) is 0 Å². The molecule has 0 bridgehead atoms. The van der Waals surface area contributed by atoms with E-state index in [0.717, 1.165) is 0 Å². The van der Waals surface area contributed by atoms with Crippen LogP contribution in [-0.4, -0.2) is 61.7 Å². The van der Waals surface area contributed by atoms with Crippen LogP contribution in [0.5, 0.6) is 0 Å². The maximum absolute atomic E-state index is 12.2. The van der Waals surface area contributed by atoms with Gasteiger partial charge in [-0.1, -0.05) is 0 Å². The molecule has 0 radical (unpaired) electrons. The second kappa shape index (κ2) is 4.84. The molecule has 4 atom stereocenters. The van der Waals surface area contributed by atoms with Crippen molar-refractivity contribution in [3.63, 3.8) is 0 Å². The second-order valence-electron chi connectivity index (χ2n) is 7.43. The number of sulfone groups is 1. The third-order valence-electron chi connectivity index (χ3n) is 4.77. The quantitative estimate of drug-likeness (QED) is 0.709. The number of hydrogen-bond donors (Lipinski definition) is 1. The normalized spacial score (nSPS) is 38.0. The second-order valence-corrected chi connectivity index (χ2v) is 9.77. The first-order chi connectivity index (χ1) is 9.67. The van der Waals surface area contributed by atoms with Crippen molar-refractivity contribution >= 4 is 15.9 Å². The first-order valence-electron chi connectivity index (χ1n) is 7.60. The van der Waals surface area contributed by atoms with Crippen LogP contribution in [0.4, 0.5) is 4.79 Å². The van der Waals surface area contributed by atoms with Gasteiger partial charge in [-0.15, -0.1) is 0 Å². The van der Waals surface area contributed by atoms with Crippen LogP contribution in [0.25, 0.3) is 0 Å². The monoisotopic (exact) mass is 316 g/mol. The van der Waals surface area contributed by atoms with Crippen molar-refractivity contribution in [2.24, 2.45) is 11.8 Å². The Hall–Kier alpha value is -0.820. The Kier molecular flexibility index (Phi) is 3.48. The Morgan fingerprint density at radius 3 is 2.67 bits per heavy atom. The summed E-state index contributed by atoms with van der Waals surface area (Å²) in [6, 6.07) is 0.00110. The van der Waals surface area contributed by atoms with Crippen molar-refractivity contribution in [1.82, 2.24) is 10.2 Å². The van der Waals surface area contributed by atoms with Crippen molar-refractivity contribution in [2.45, 2.75) is 44.1 Å². The molecule has 6 nitrogen and oxygen atoms in total. The van der Waals surface area contributed by atoms with Crippen molar-refractivity contribution in [3.8, 4) is 0 Å². The van der Waals surface area contributed by atoms with Gasteiger partial charge in [0.25, 0.3) is 0 Å². The Balaban J connectivity index is 1.69. The van der Waals surface area contributed by atoms with E-state index in [1.165, 1.54) is 0 Å². The number of rotatable bonds is 0. The SMILES string of the molecule is CC(C)(C)OC(=O)N1CC2CC3C(NCCS3(=O)=O)C2C1. The molecule has 7 heteroatoms. The molecule has 120 valence electrons. The summed E-state index contributed by atoms with van der Waals surface area (Å²) in [7, 11) is -2.97. The number of carbonyl (C=O) groups is 1. The molecule has 0 spiro atoms. The van der Waals surface area contributed by atoms with Crippen molar-refractivity contribution in [3.05, 3.63) is 0 Å². The third kappa shape index (κ3) is 2.77. The molecule has 0 aromatic carbocycles. The molecule has 1 N–H and O–H groups in total. The highest BCUT2D eigenvalue weighted by atomic mass is 32.2. The maximum atomic E-state index is 12.2. The van der Waals surface area contributed by atoms with Crippen LogP contribution in [0, 0.1) is 11.8 Å². The predicted octanol–water partition coefficient (Wildman–Crippen LogP) is 0.628. The summed E-state index contributed by atoms with van der Waals surface area (Å²) in [6.07, 6.45) is 0.386.